The molecule has 0 radical (unpaired) electrons. The molecule has 0 fully saturated rings. The van der Waals surface area contributed by atoms with E-state index < -0.39 is 13.9 Å². The Morgan fingerprint density at radius 3 is 1.38 bits per heavy atom. The molecule has 2 atom stereocenters. The zero-order valence-electron chi connectivity index (χ0n) is 36.9. The molecular formula is C46H91NO7P+. The van der Waals surface area contributed by atoms with Crippen LogP contribution in [0.5, 0.6) is 0 Å². The first kappa shape index (κ1) is 54.0. The second-order valence-electron chi connectivity index (χ2n) is 16.8. The number of unbranched alkanes of at least 4 members (excludes halogenated alkanes) is 25. The third-order valence-corrected chi connectivity index (χ3v) is 11.0. The number of quaternary nitrogens is 1. The van der Waals surface area contributed by atoms with Crippen LogP contribution in [0.1, 0.15) is 206 Å². The maximum atomic E-state index is 12.7. The van der Waals surface area contributed by atoms with Crippen LogP contribution in [0.3, 0.4) is 0 Å². The second-order valence-corrected chi connectivity index (χ2v) is 18.2. The van der Waals surface area contributed by atoms with Crippen LogP contribution >= 0.6 is 7.82 Å². The van der Waals surface area contributed by atoms with Gasteiger partial charge in [0, 0.05) is 13.0 Å². The zero-order chi connectivity index (χ0) is 40.6. The molecule has 0 aliphatic rings. The Balaban J connectivity index is 4.19. The zero-order valence-corrected chi connectivity index (χ0v) is 37.8. The average Bonchev–Trinajstić information content (AvgIpc) is 3.13. The molecule has 0 saturated heterocycles. The van der Waals surface area contributed by atoms with E-state index in [1.807, 2.05) is 21.1 Å². The minimum atomic E-state index is -4.27. The fourth-order valence-electron chi connectivity index (χ4n) is 6.37. The Morgan fingerprint density at radius 2 is 0.945 bits per heavy atom. The van der Waals surface area contributed by atoms with Crippen molar-refractivity contribution in [1.82, 2.24) is 0 Å². The lowest BCUT2D eigenvalue weighted by molar-refractivity contribution is -0.870. The van der Waals surface area contributed by atoms with Gasteiger partial charge in [-0.3, -0.25) is 13.8 Å². The van der Waals surface area contributed by atoms with Crippen LogP contribution in [0.2, 0.25) is 0 Å². The smallest absolute Gasteiger partial charge is 0.457 e. The number of hydrogen-bond donors (Lipinski definition) is 1. The predicted molar refractivity (Wildman–Crippen MR) is 233 cm³/mol. The summed E-state index contributed by atoms with van der Waals surface area (Å²) >= 11 is 0. The van der Waals surface area contributed by atoms with E-state index in [0.717, 1.165) is 44.9 Å². The minimum Gasteiger partial charge on any atom is -0.457 e. The number of nitrogens with zero attached hydrogens (tertiary/aromatic N) is 1. The molecule has 9 heteroatoms. The highest BCUT2D eigenvalue weighted by atomic mass is 31.2. The van der Waals surface area contributed by atoms with Crippen LogP contribution in [-0.2, 0) is 27.9 Å². The lowest BCUT2D eigenvalue weighted by Crippen LogP contribution is -2.37. The van der Waals surface area contributed by atoms with Gasteiger partial charge in [0.25, 0.3) is 0 Å². The third-order valence-electron chi connectivity index (χ3n) is 9.99. The number of carbonyl (C=O) groups excluding carboxylic acids is 1. The summed E-state index contributed by atoms with van der Waals surface area (Å²) in [4.78, 5) is 22.9. The van der Waals surface area contributed by atoms with Gasteiger partial charge in [-0.15, -0.1) is 0 Å². The molecular weight excluding hydrogens is 709 g/mol. The molecule has 0 aromatic heterocycles. The van der Waals surface area contributed by atoms with Gasteiger partial charge in [-0.05, 0) is 64.2 Å². The van der Waals surface area contributed by atoms with Crippen molar-refractivity contribution < 1.29 is 37.3 Å². The molecule has 0 aliphatic carbocycles. The van der Waals surface area contributed by atoms with E-state index in [1.165, 1.54) is 141 Å². The first-order valence-corrected chi connectivity index (χ1v) is 24.6. The van der Waals surface area contributed by atoms with Crippen LogP contribution in [0.15, 0.2) is 24.3 Å². The van der Waals surface area contributed by atoms with Crippen LogP contribution < -0.4 is 0 Å². The Labute approximate surface area is 341 Å². The summed E-state index contributed by atoms with van der Waals surface area (Å²) in [5, 5.41) is 0. The third kappa shape index (κ3) is 43.9. The SMILES string of the molecule is CCCCCCC/C=C\CCCCCCCC(=O)OC(COCCCCCCCCCC/C=C\CCCCCCCCC)COP(=O)(O)OCC[N+](C)(C)C. The molecule has 1 N–H and O–H groups in total. The summed E-state index contributed by atoms with van der Waals surface area (Å²) in [5.41, 5.74) is 0. The summed E-state index contributed by atoms with van der Waals surface area (Å²) in [6.07, 6.45) is 44.9. The summed E-state index contributed by atoms with van der Waals surface area (Å²) in [6.45, 7) is 5.62. The van der Waals surface area contributed by atoms with Gasteiger partial charge in [0.2, 0.25) is 0 Å². The number of carbonyl (C=O) groups is 1. The molecule has 2 unspecified atom stereocenters. The topological polar surface area (TPSA) is 91.3 Å². The maximum absolute atomic E-state index is 12.7. The van der Waals surface area contributed by atoms with Crippen molar-refractivity contribution in [3.63, 3.8) is 0 Å². The molecule has 326 valence electrons. The number of allylic oxidation sites excluding steroid dienone is 4. The van der Waals surface area contributed by atoms with Crippen molar-refractivity contribution >= 4 is 13.8 Å². The molecule has 0 aromatic rings. The lowest BCUT2D eigenvalue weighted by atomic mass is 10.1. The molecule has 8 nitrogen and oxygen atoms in total. The highest BCUT2D eigenvalue weighted by Crippen LogP contribution is 2.43. The number of esters is 1. The Hall–Kier alpha value is -1.02. The summed E-state index contributed by atoms with van der Waals surface area (Å²) < 4.78 is 35.0. The molecule has 0 aromatic carbocycles. The largest absolute Gasteiger partial charge is 0.472 e. The normalized spacial score (nSPS) is 13.9. The molecule has 0 rings (SSSR count). The molecule has 0 saturated carbocycles. The van der Waals surface area contributed by atoms with Gasteiger partial charge in [0.05, 0.1) is 34.4 Å². The number of ether oxygens (including phenoxy) is 2. The van der Waals surface area contributed by atoms with Gasteiger partial charge in [0.1, 0.15) is 19.3 Å². The minimum absolute atomic E-state index is 0.0877. The fourth-order valence-corrected chi connectivity index (χ4v) is 7.11. The van der Waals surface area contributed by atoms with Gasteiger partial charge in [-0.25, -0.2) is 4.57 Å². The highest BCUT2D eigenvalue weighted by Gasteiger charge is 2.26. The van der Waals surface area contributed by atoms with E-state index in [-0.39, 0.29) is 25.8 Å². The first-order chi connectivity index (χ1) is 26.6. The number of hydrogen-bond acceptors (Lipinski definition) is 6. The molecule has 55 heavy (non-hydrogen) atoms. The molecule has 0 amide bonds. The first-order valence-electron chi connectivity index (χ1n) is 23.1. The van der Waals surface area contributed by atoms with Gasteiger partial charge >= 0.3 is 13.8 Å². The average molecular weight is 801 g/mol. The Morgan fingerprint density at radius 1 is 0.545 bits per heavy atom. The van der Waals surface area contributed by atoms with Gasteiger partial charge in [-0.1, -0.05) is 160 Å². The lowest BCUT2D eigenvalue weighted by Gasteiger charge is -2.24. The summed E-state index contributed by atoms with van der Waals surface area (Å²) in [7, 11) is 1.67. The number of rotatable bonds is 43. The van der Waals surface area contributed by atoms with E-state index in [9.17, 15) is 14.3 Å². The van der Waals surface area contributed by atoms with Crippen molar-refractivity contribution in [2.75, 3.05) is 54.1 Å². The van der Waals surface area contributed by atoms with Gasteiger partial charge in [-0.2, -0.15) is 0 Å². The van der Waals surface area contributed by atoms with Crippen molar-refractivity contribution in [2.45, 2.75) is 213 Å². The van der Waals surface area contributed by atoms with Crippen LogP contribution in [0.4, 0.5) is 0 Å². The van der Waals surface area contributed by atoms with E-state index >= 15 is 0 Å². The fraction of sp³-hybridized carbons (Fsp3) is 0.891. The van der Waals surface area contributed by atoms with Crippen LogP contribution in [0, 0.1) is 0 Å². The number of phosphoric ester groups is 1. The summed E-state index contributed by atoms with van der Waals surface area (Å²) in [5.74, 6) is -0.322. The monoisotopic (exact) mass is 801 g/mol. The number of phosphoric acid groups is 1. The molecule has 0 spiro atoms. The van der Waals surface area contributed by atoms with Gasteiger partial charge < -0.3 is 18.9 Å². The summed E-state index contributed by atoms with van der Waals surface area (Å²) in [6, 6.07) is 0. The van der Waals surface area contributed by atoms with Gasteiger partial charge in [0.15, 0.2) is 0 Å². The molecule has 0 aliphatic heterocycles. The van der Waals surface area contributed by atoms with Crippen molar-refractivity contribution in [3.05, 3.63) is 24.3 Å². The van der Waals surface area contributed by atoms with E-state index in [1.54, 1.807) is 0 Å². The molecule has 0 heterocycles. The van der Waals surface area contributed by atoms with E-state index in [4.69, 9.17) is 18.5 Å². The standard InChI is InChI=1S/C46H90NO7P/c1-6-8-10-12-14-16-18-20-22-23-24-25-26-28-30-32-34-36-38-41-51-43-45(44-53-55(49,50)52-42-40-47(3,4)5)54-46(48)39-37-35-33-31-29-27-21-19-17-15-13-11-9-7-2/h19,21-23,45H,6-18,20,24-44H2,1-5H3/p+1/b21-19-,23-22-. The maximum Gasteiger partial charge on any atom is 0.472 e. The number of likely N-dealkylation sites (N-methyl/N-ethyl adjacent to an activating group) is 1. The van der Waals surface area contributed by atoms with E-state index in [0.29, 0.717) is 24.1 Å². The second kappa shape index (κ2) is 39.8. The Bertz CT molecular complexity index is 936. The highest BCUT2D eigenvalue weighted by molar-refractivity contribution is 7.47. The van der Waals surface area contributed by atoms with Crippen molar-refractivity contribution in [1.29, 1.82) is 0 Å². The van der Waals surface area contributed by atoms with E-state index in [2.05, 4.69) is 38.2 Å². The quantitative estimate of drug-likeness (QED) is 0.0216. The predicted octanol–water partition coefficient (Wildman–Crippen LogP) is 13.6. The Kier molecular flexibility index (Phi) is 39.1. The molecule has 0 bridgehead atoms. The van der Waals surface area contributed by atoms with Crippen LogP contribution in [0.25, 0.3) is 0 Å². The van der Waals surface area contributed by atoms with Crippen molar-refractivity contribution in [2.24, 2.45) is 0 Å². The van der Waals surface area contributed by atoms with Crippen molar-refractivity contribution in [3.8, 4) is 0 Å². The van der Waals surface area contributed by atoms with Crippen LogP contribution in [-0.4, -0.2) is 75.6 Å².